The first-order valence-electron chi connectivity index (χ1n) is 5.71. The Balaban J connectivity index is 3.03. The van der Waals surface area contributed by atoms with E-state index < -0.39 is 15.9 Å². The molecule has 0 fully saturated rings. The molecule has 1 aromatic carbocycles. The number of ether oxygens (including phenoxy) is 1. The van der Waals surface area contributed by atoms with Gasteiger partial charge in [-0.25, -0.2) is 13.1 Å². The molecule has 0 bridgehead atoms. The molecule has 1 amide bonds. The third-order valence-corrected chi connectivity index (χ3v) is 4.48. The zero-order chi connectivity index (χ0) is 15.3. The van der Waals surface area contributed by atoms with Gasteiger partial charge in [0.05, 0.1) is 13.7 Å². The normalized spacial score (nSPS) is 11.2. The van der Waals surface area contributed by atoms with Crippen LogP contribution in [0.4, 0.5) is 5.69 Å². The summed E-state index contributed by atoms with van der Waals surface area (Å²) in [6.45, 7) is 1.81. The van der Waals surface area contributed by atoms with E-state index >= 15 is 0 Å². The lowest BCUT2D eigenvalue weighted by Crippen LogP contribution is -2.36. The second kappa shape index (κ2) is 6.91. The number of carbonyl (C=O) groups is 1. The van der Waals surface area contributed by atoms with Crippen LogP contribution in [0.25, 0.3) is 0 Å². The molecule has 0 radical (unpaired) electrons. The van der Waals surface area contributed by atoms with Crippen molar-refractivity contribution < 1.29 is 17.9 Å². The summed E-state index contributed by atoms with van der Waals surface area (Å²) >= 11 is 3.19. The molecule has 0 aromatic heterocycles. The first kappa shape index (κ1) is 16.7. The van der Waals surface area contributed by atoms with E-state index in [1.807, 2.05) is 0 Å². The van der Waals surface area contributed by atoms with Gasteiger partial charge < -0.3 is 15.8 Å². The monoisotopic (exact) mass is 365 g/mol. The predicted octanol–water partition coefficient (Wildman–Crippen LogP) is 0.454. The largest absolute Gasteiger partial charge is 0.495 e. The van der Waals surface area contributed by atoms with Crippen molar-refractivity contribution in [3.8, 4) is 5.75 Å². The Labute approximate surface area is 126 Å². The van der Waals surface area contributed by atoms with E-state index in [0.717, 1.165) is 0 Å². The Hall–Kier alpha value is -1.32. The van der Waals surface area contributed by atoms with Gasteiger partial charge >= 0.3 is 0 Å². The van der Waals surface area contributed by atoms with Gasteiger partial charge in [-0.15, -0.1) is 0 Å². The summed E-state index contributed by atoms with van der Waals surface area (Å²) in [7, 11) is -2.54. The summed E-state index contributed by atoms with van der Waals surface area (Å²) in [4.78, 5) is 11.2. The van der Waals surface area contributed by atoms with Crippen molar-refractivity contribution in [2.24, 2.45) is 0 Å². The fourth-order valence-electron chi connectivity index (χ4n) is 1.42. The SMILES string of the molecule is CCNC(=O)CNS(=O)(=O)c1cc(N)c(Br)cc1OC. The second-order valence-corrected chi connectivity index (χ2v) is 6.39. The van der Waals surface area contributed by atoms with Crippen LogP contribution in [0.1, 0.15) is 6.92 Å². The van der Waals surface area contributed by atoms with Crippen molar-refractivity contribution in [1.29, 1.82) is 0 Å². The van der Waals surface area contributed by atoms with Gasteiger partial charge in [0.25, 0.3) is 0 Å². The number of halogens is 1. The number of likely N-dealkylation sites (N-methyl/N-ethyl adjacent to an activating group) is 1. The highest BCUT2D eigenvalue weighted by Gasteiger charge is 2.21. The highest BCUT2D eigenvalue weighted by molar-refractivity contribution is 9.10. The van der Waals surface area contributed by atoms with Crippen molar-refractivity contribution in [2.75, 3.05) is 25.9 Å². The molecule has 0 aliphatic heterocycles. The predicted molar refractivity (Wildman–Crippen MR) is 79.0 cm³/mol. The van der Waals surface area contributed by atoms with E-state index in [9.17, 15) is 13.2 Å². The van der Waals surface area contributed by atoms with Crippen LogP contribution in [0, 0.1) is 0 Å². The second-order valence-electron chi connectivity index (χ2n) is 3.80. The van der Waals surface area contributed by atoms with Gasteiger partial charge in [0.1, 0.15) is 10.6 Å². The van der Waals surface area contributed by atoms with Crippen LogP contribution in [-0.4, -0.2) is 34.5 Å². The third-order valence-electron chi connectivity index (χ3n) is 2.37. The minimum Gasteiger partial charge on any atom is -0.495 e. The first-order chi connectivity index (χ1) is 9.31. The molecule has 1 aromatic rings. The topological polar surface area (TPSA) is 111 Å². The van der Waals surface area contributed by atoms with Crippen LogP contribution in [-0.2, 0) is 14.8 Å². The van der Waals surface area contributed by atoms with E-state index in [1.165, 1.54) is 19.2 Å². The van der Waals surface area contributed by atoms with Gasteiger partial charge in [-0.05, 0) is 35.0 Å². The number of rotatable bonds is 6. The fourth-order valence-corrected chi connectivity index (χ4v) is 2.91. The highest BCUT2D eigenvalue weighted by Crippen LogP contribution is 2.32. The molecular weight excluding hydrogens is 350 g/mol. The molecule has 1 rings (SSSR count). The number of carbonyl (C=O) groups excluding carboxylic acids is 1. The number of amides is 1. The lowest BCUT2D eigenvalue weighted by Gasteiger charge is -2.12. The van der Waals surface area contributed by atoms with Crippen molar-refractivity contribution >= 4 is 37.5 Å². The Morgan fingerprint density at radius 2 is 2.10 bits per heavy atom. The zero-order valence-corrected chi connectivity index (χ0v) is 13.5. The van der Waals surface area contributed by atoms with Gasteiger partial charge in [0, 0.05) is 16.7 Å². The summed E-state index contributed by atoms with van der Waals surface area (Å²) < 4.78 is 32.0. The molecule has 0 heterocycles. The fraction of sp³-hybridized carbons (Fsp3) is 0.364. The summed E-state index contributed by atoms with van der Waals surface area (Å²) in [6.07, 6.45) is 0. The number of anilines is 1. The van der Waals surface area contributed by atoms with Gasteiger partial charge in [0.15, 0.2) is 0 Å². The quantitative estimate of drug-likeness (QED) is 0.634. The minimum atomic E-state index is -3.89. The maximum absolute atomic E-state index is 12.1. The Morgan fingerprint density at radius 3 is 2.65 bits per heavy atom. The van der Waals surface area contributed by atoms with Crippen LogP contribution in [0.5, 0.6) is 5.75 Å². The molecule has 0 unspecified atom stereocenters. The Bertz CT molecular complexity index is 604. The lowest BCUT2D eigenvalue weighted by molar-refractivity contribution is -0.119. The van der Waals surface area contributed by atoms with E-state index in [1.54, 1.807) is 6.92 Å². The standard InChI is InChI=1S/C11H16BrN3O4S/c1-3-14-11(16)6-15-20(17,18)10-5-8(13)7(12)4-9(10)19-2/h4-5,15H,3,6,13H2,1-2H3,(H,14,16). The van der Waals surface area contributed by atoms with Gasteiger partial charge in [0.2, 0.25) is 15.9 Å². The number of benzene rings is 1. The molecule has 0 saturated heterocycles. The maximum Gasteiger partial charge on any atom is 0.244 e. The van der Waals surface area contributed by atoms with Crippen molar-refractivity contribution in [2.45, 2.75) is 11.8 Å². The Kier molecular flexibility index (Phi) is 5.78. The summed E-state index contributed by atoms with van der Waals surface area (Å²) in [6, 6.07) is 2.72. The van der Waals surface area contributed by atoms with Crippen LogP contribution in [0.2, 0.25) is 0 Å². The minimum absolute atomic E-state index is 0.120. The van der Waals surface area contributed by atoms with Crippen LogP contribution < -0.4 is 20.5 Å². The molecule has 7 nitrogen and oxygen atoms in total. The summed E-state index contributed by atoms with van der Waals surface area (Å²) in [5, 5.41) is 2.49. The van der Waals surface area contributed by atoms with Crippen molar-refractivity contribution in [3.05, 3.63) is 16.6 Å². The number of nitrogens with two attached hydrogens (primary N) is 1. The molecule has 0 aliphatic carbocycles. The van der Waals surface area contributed by atoms with Crippen LogP contribution in [0.15, 0.2) is 21.5 Å². The molecule has 4 N–H and O–H groups in total. The molecule has 9 heteroatoms. The average Bonchev–Trinajstić information content (AvgIpc) is 2.39. The zero-order valence-electron chi connectivity index (χ0n) is 11.1. The number of sulfonamides is 1. The number of nitrogens with one attached hydrogen (secondary N) is 2. The smallest absolute Gasteiger partial charge is 0.244 e. The van der Waals surface area contributed by atoms with Crippen LogP contribution in [0.3, 0.4) is 0 Å². The lowest BCUT2D eigenvalue weighted by atomic mass is 10.3. The molecule has 0 aliphatic rings. The number of hydrogen-bond donors (Lipinski definition) is 3. The van der Waals surface area contributed by atoms with E-state index in [2.05, 4.69) is 26.0 Å². The number of hydrogen-bond acceptors (Lipinski definition) is 5. The first-order valence-corrected chi connectivity index (χ1v) is 7.98. The summed E-state index contributed by atoms with van der Waals surface area (Å²) in [5.74, 6) is -0.283. The molecule has 112 valence electrons. The van der Waals surface area contributed by atoms with Crippen molar-refractivity contribution in [3.63, 3.8) is 0 Å². The molecule has 0 spiro atoms. The summed E-state index contributed by atoms with van der Waals surface area (Å²) in [5.41, 5.74) is 5.92. The van der Waals surface area contributed by atoms with Crippen LogP contribution >= 0.6 is 15.9 Å². The van der Waals surface area contributed by atoms with E-state index in [-0.39, 0.29) is 22.9 Å². The van der Waals surface area contributed by atoms with Crippen molar-refractivity contribution in [1.82, 2.24) is 10.0 Å². The van der Waals surface area contributed by atoms with Gasteiger partial charge in [-0.3, -0.25) is 4.79 Å². The van der Waals surface area contributed by atoms with E-state index in [4.69, 9.17) is 10.5 Å². The molecule has 0 atom stereocenters. The highest BCUT2D eigenvalue weighted by atomic mass is 79.9. The van der Waals surface area contributed by atoms with E-state index in [0.29, 0.717) is 11.0 Å². The third kappa shape index (κ3) is 4.09. The number of methoxy groups -OCH3 is 1. The number of nitrogen functional groups attached to an aromatic ring is 1. The van der Waals surface area contributed by atoms with Gasteiger partial charge in [-0.1, -0.05) is 0 Å². The average molecular weight is 366 g/mol. The molecule has 20 heavy (non-hydrogen) atoms. The van der Waals surface area contributed by atoms with Gasteiger partial charge in [-0.2, -0.15) is 0 Å². The Morgan fingerprint density at radius 1 is 1.45 bits per heavy atom. The maximum atomic E-state index is 12.1. The molecule has 0 saturated carbocycles. The molecular formula is C11H16BrN3O4S.